The van der Waals surface area contributed by atoms with E-state index in [2.05, 4.69) is 36.4 Å². The third kappa shape index (κ3) is 4.42. The van der Waals surface area contributed by atoms with Gasteiger partial charge in [0.05, 0.1) is 6.54 Å². The van der Waals surface area contributed by atoms with Crippen molar-refractivity contribution in [3.63, 3.8) is 0 Å². The van der Waals surface area contributed by atoms with Crippen molar-refractivity contribution in [2.24, 2.45) is 5.84 Å². The number of rotatable bonds is 6. The lowest BCUT2D eigenvalue weighted by Gasteiger charge is -2.10. The third-order valence-corrected chi connectivity index (χ3v) is 3.89. The van der Waals surface area contributed by atoms with Crippen molar-refractivity contribution in [3.05, 3.63) is 16.7 Å². The van der Waals surface area contributed by atoms with Crippen LogP contribution in [-0.2, 0) is 14.8 Å². The molecule has 0 fully saturated rings. The highest BCUT2D eigenvalue weighted by Crippen LogP contribution is 2.21. The number of nitrogens with zero attached hydrogens (tertiary/aromatic N) is 1. The fourth-order valence-electron chi connectivity index (χ4n) is 1.23. The molecule has 0 aliphatic heterocycles. The molecule has 1 amide bonds. The summed E-state index contributed by atoms with van der Waals surface area (Å²) in [6, 6.07) is 1.34. The van der Waals surface area contributed by atoms with Gasteiger partial charge in [-0.25, -0.2) is 24.0 Å². The van der Waals surface area contributed by atoms with E-state index in [0.717, 1.165) is 0 Å². The lowest BCUT2D eigenvalue weighted by atomic mass is 10.5. The standard InChI is InChI=1S/C9H14BrN5O3S/c1-2-12-8(16)5-14-19(17,18)7-3-6(10)4-13-9(7)15-11/h3-4,14H,2,5,11H2,1H3,(H,12,16)(H,13,15). The second-order valence-corrected chi connectivity index (χ2v) is 6.07. The van der Waals surface area contributed by atoms with Gasteiger partial charge in [0.2, 0.25) is 15.9 Å². The Morgan fingerprint density at radius 2 is 2.21 bits per heavy atom. The van der Waals surface area contributed by atoms with Crippen molar-refractivity contribution in [2.75, 3.05) is 18.5 Å². The molecule has 1 heterocycles. The number of carbonyl (C=O) groups excluding carboxylic acids is 1. The molecule has 0 aromatic carbocycles. The van der Waals surface area contributed by atoms with Crippen LogP contribution in [0.4, 0.5) is 5.82 Å². The number of amides is 1. The number of nitrogens with two attached hydrogens (primary N) is 1. The first-order chi connectivity index (χ1) is 8.90. The highest BCUT2D eigenvalue weighted by atomic mass is 79.9. The van der Waals surface area contributed by atoms with Crippen molar-refractivity contribution in [3.8, 4) is 0 Å². The molecule has 0 unspecified atom stereocenters. The number of hydrazine groups is 1. The van der Waals surface area contributed by atoms with Gasteiger partial charge < -0.3 is 10.7 Å². The number of pyridine rings is 1. The Kier molecular flexibility index (Phi) is 5.66. The number of carbonyl (C=O) groups is 1. The number of likely N-dealkylation sites (N-methyl/N-ethyl adjacent to an activating group) is 1. The summed E-state index contributed by atoms with van der Waals surface area (Å²) in [6.45, 7) is 1.81. The molecule has 106 valence electrons. The van der Waals surface area contributed by atoms with Crippen molar-refractivity contribution in [1.82, 2.24) is 15.0 Å². The normalized spacial score (nSPS) is 11.1. The number of hydrogen-bond acceptors (Lipinski definition) is 6. The summed E-state index contributed by atoms with van der Waals surface area (Å²) in [4.78, 5) is 14.9. The van der Waals surface area contributed by atoms with Crippen LogP contribution in [0.5, 0.6) is 0 Å². The quantitative estimate of drug-likeness (QED) is 0.406. The molecule has 0 saturated carbocycles. The molecule has 19 heavy (non-hydrogen) atoms. The van der Waals surface area contributed by atoms with Gasteiger partial charge in [-0.3, -0.25) is 4.79 Å². The number of nitrogen functional groups attached to an aromatic ring is 1. The van der Waals surface area contributed by atoms with Crippen molar-refractivity contribution < 1.29 is 13.2 Å². The number of hydrogen-bond donors (Lipinski definition) is 4. The van der Waals surface area contributed by atoms with Crippen LogP contribution in [0, 0.1) is 0 Å². The molecule has 1 aromatic rings. The Hall–Kier alpha value is -1.23. The van der Waals surface area contributed by atoms with Gasteiger partial charge in [-0.05, 0) is 28.9 Å². The van der Waals surface area contributed by atoms with E-state index in [-0.39, 0.29) is 17.3 Å². The summed E-state index contributed by atoms with van der Waals surface area (Å²) in [6.07, 6.45) is 1.40. The van der Waals surface area contributed by atoms with Crippen LogP contribution in [0.2, 0.25) is 0 Å². The first kappa shape index (κ1) is 15.8. The van der Waals surface area contributed by atoms with E-state index < -0.39 is 15.9 Å². The fraction of sp³-hybridized carbons (Fsp3) is 0.333. The second kappa shape index (κ2) is 6.80. The molecule has 0 aliphatic rings. The molecule has 10 heteroatoms. The molecule has 0 bridgehead atoms. The summed E-state index contributed by atoms with van der Waals surface area (Å²) in [5.74, 6) is 4.77. The van der Waals surface area contributed by atoms with Crippen LogP contribution in [0.15, 0.2) is 21.6 Å². The predicted octanol–water partition coefficient (Wildman–Crippen LogP) is -0.456. The molecular weight excluding hydrogens is 338 g/mol. The zero-order chi connectivity index (χ0) is 14.5. The van der Waals surface area contributed by atoms with Crippen LogP contribution < -0.4 is 21.3 Å². The van der Waals surface area contributed by atoms with Gasteiger partial charge >= 0.3 is 0 Å². The highest BCUT2D eigenvalue weighted by molar-refractivity contribution is 9.10. The van der Waals surface area contributed by atoms with Crippen molar-refractivity contribution in [2.45, 2.75) is 11.8 Å². The molecule has 0 aliphatic carbocycles. The Morgan fingerprint density at radius 3 is 2.79 bits per heavy atom. The van der Waals surface area contributed by atoms with Gasteiger partial charge in [-0.2, -0.15) is 0 Å². The number of halogens is 1. The maximum absolute atomic E-state index is 12.0. The molecule has 0 atom stereocenters. The topological polar surface area (TPSA) is 126 Å². The Labute approximate surface area is 119 Å². The summed E-state index contributed by atoms with van der Waals surface area (Å²) in [5, 5.41) is 2.48. The van der Waals surface area contributed by atoms with E-state index in [1.54, 1.807) is 6.92 Å². The second-order valence-electron chi connectivity index (χ2n) is 3.42. The number of anilines is 1. The first-order valence-corrected chi connectivity index (χ1v) is 7.57. The van der Waals surface area contributed by atoms with Crippen molar-refractivity contribution >= 4 is 37.7 Å². The molecule has 1 rings (SSSR count). The molecule has 0 radical (unpaired) electrons. The molecule has 5 N–H and O–H groups in total. The lowest BCUT2D eigenvalue weighted by Crippen LogP contribution is -2.37. The zero-order valence-corrected chi connectivity index (χ0v) is 12.5. The van der Waals surface area contributed by atoms with Gasteiger partial charge in [0.25, 0.3) is 0 Å². The average Bonchev–Trinajstić information content (AvgIpc) is 2.37. The minimum Gasteiger partial charge on any atom is -0.355 e. The summed E-state index contributed by atoms with van der Waals surface area (Å²) in [5.41, 5.74) is 2.19. The summed E-state index contributed by atoms with van der Waals surface area (Å²) in [7, 11) is -3.88. The van der Waals surface area contributed by atoms with Crippen LogP contribution in [-0.4, -0.2) is 32.4 Å². The Balaban J connectivity index is 2.94. The van der Waals surface area contributed by atoms with E-state index in [0.29, 0.717) is 11.0 Å². The molecule has 1 aromatic heterocycles. The maximum atomic E-state index is 12.0. The summed E-state index contributed by atoms with van der Waals surface area (Å²) >= 11 is 3.12. The minimum absolute atomic E-state index is 0.00778. The van der Waals surface area contributed by atoms with E-state index in [1.807, 2.05) is 0 Å². The predicted molar refractivity (Wildman–Crippen MR) is 73.6 cm³/mol. The largest absolute Gasteiger partial charge is 0.355 e. The van der Waals surface area contributed by atoms with Crippen LogP contribution in [0.3, 0.4) is 0 Å². The lowest BCUT2D eigenvalue weighted by molar-refractivity contribution is -0.119. The average molecular weight is 352 g/mol. The van der Waals surface area contributed by atoms with Gasteiger partial charge in [-0.1, -0.05) is 0 Å². The minimum atomic E-state index is -3.88. The molecule has 0 spiro atoms. The fourth-order valence-corrected chi connectivity index (χ4v) is 2.84. The number of nitrogens with one attached hydrogen (secondary N) is 3. The number of sulfonamides is 1. The van der Waals surface area contributed by atoms with E-state index >= 15 is 0 Å². The van der Waals surface area contributed by atoms with E-state index in [4.69, 9.17) is 5.84 Å². The van der Waals surface area contributed by atoms with Crippen LogP contribution in [0.25, 0.3) is 0 Å². The zero-order valence-electron chi connectivity index (χ0n) is 10.1. The smallest absolute Gasteiger partial charge is 0.244 e. The maximum Gasteiger partial charge on any atom is 0.244 e. The molecule has 8 nitrogen and oxygen atoms in total. The van der Waals surface area contributed by atoms with E-state index in [9.17, 15) is 13.2 Å². The van der Waals surface area contributed by atoms with E-state index in [1.165, 1.54) is 12.3 Å². The molecular formula is C9H14BrN5O3S. The van der Waals surface area contributed by atoms with Gasteiger partial charge in [0.1, 0.15) is 4.90 Å². The van der Waals surface area contributed by atoms with Gasteiger partial charge in [0.15, 0.2) is 5.82 Å². The monoisotopic (exact) mass is 351 g/mol. The first-order valence-electron chi connectivity index (χ1n) is 5.29. The number of aromatic nitrogens is 1. The summed E-state index contributed by atoms with van der Waals surface area (Å²) < 4.78 is 26.7. The Morgan fingerprint density at radius 1 is 1.53 bits per heavy atom. The van der Waals surface area contributed by atoms with Gasteiger partial charge in [0, 0.05) is 17.2 Å². The Bertz CT molecular complexity index is 563. The third-order valence-electron chi connectivity index (χ3n) is 2.04. The molecule has 0 saturated heterocycles. The SMILES string of the molecule is CCNC(=O)CNS(=O)(=O)c1cc(Br)cnc1NN. The van der Waals surface area contributed by atoms with Gasteiger partial charge in [-0.15, -0.1) is 0 Å². The van der Waals surface area contributed by atoms with Crippen LogP contribution in [0.1, 0.15) is 6.92 Å². The highest BCUT2D eigenvalue weighted by Gasteiger charge is 2.20. The van der Waals surface area contributed by atoms with Crippen LogP contribution >= 0.6 is 15.9 Å². The van der Waals surface area contributed by atoms with Crippen molar-refractivity contribution in [1.29, 1.82) is 0 Å².